The Morgan fingerprint density at radius 2 is 1.80 bits per heavy atom. The number of ketones is 1. The molecule has 0 saturated heterocycles. The molecule has 2 rings (SSSR count). The summed E-state index contributed by atoms with van der Waals surface area (Å²) in [7, 11) is 1.60. The fraction of sp³-hybridized carbons (Fsp3) is 0.0833. The van der Waals surface area contributed by atoms with Gasteiger partial charge < -0.3 is 9.67 Å². The van der Waals surface area contributed by atoms with Crippen molar-refractivity contribution in [1.29, 1.82) is 0 Å². The molecule has 1 aromatic carbocycles. The van der Waals surface area contributed by atoms with Crippen molar-refractivity contribution in [3.63, 3.8) is 0 Å². The molecule has 2 aromatic rings. The maximum atomic E-state index is 13.3. The van der Waals surface area contributed by atoms with Gasteiger partial charge in [0.1, 0.15) is 16.1 Å². The van der Waals surface area contributed by atoms with Crippen molar-refractivity contribution in [1.82, 2.24) is 4.57 Å². The molecule has 0 fully saturated rings. The van der Waals surface area contributed by atoms with Crippen LogP contribution in [0.15, 0.2) is 25.7 Å². The lowest BCUT2D eigenvalue weighted by molar-refractivity contribution is 0.102. The molecule has 0 unspecified atom stereocenters. The summed E-state index contributed by atoms with van der Waals surface area (Å²) in [6.45, 7) is 0. The second kappa shape index (κ2) is 5.57. The van der Waals surface area contributed by atoms with Crippen LogP contribution in [-0.2, 0) is 7.05 Å². The van der Waals surface area contributed by atoms with Crippen LogP contribution < -0.4 is 0 Å². The Morgan fingerprint density at radius 1 is 1.20 bits per heavy atom. The average molecular weight is 474 g/mol. The minimum Gasteiger partial charge on any atom is -0.504 e. The number of carbonyl (C=O) groups is 1. The van der Waals surface area contributed by atoms with E-state index in [2.05, 4.69) is 47.8 Å². The van der Waals surface area contributed by atoms with Crippen LogP contribution >= 0.6 is 47.8 Å². The van der Waals surface area contributed by atoms with Gasteiger partial charge in [0.2, 0.25) is 5.78 Å². The van der Waals surface area contributed by atoms with Gasteiger partial charge in [0.05, 0.1) is 14.5 Å². The summed E-state index contributed by atoms with van der Waals surface area (Å²) in [6, 6.07) is 1.31. The van der Waals surface area contributed by atoms with Gasteiger partial charge in [-0.05, 0) is 53.9 Å². The Hall–Kier alpha value is -0.730. The molecule has 20 heavy (non-hydrogen) atoms. The predicted octanol–water partition coefficient (Wildman–Crippen LogP) is 4.53. The van der Waals surface area contributed by atoms with Gasteiger partial charge in [0.25, 0.3) is 0 Å². The van der Waals surface area contributed by atoms with E-state index < -0.39 is 28.7 Å². The fourth-order valence-electron chi connectivity index (χ4n) is 1.71. The van der Waals surface area contributed by atoms with E-state index in [0.717, 1.165) is 6.07 Å². The predicted molar refractivity (Wildman–Crippen MR) is 80.0 cm³/mol. The number of benzene rings is 1. The lowest BCUT2D eigenvalue weighted by Crippen LogP contribution is -2.09. The highest BCUT2D eigenvalue weighted by Crippen LogP contribution is 2.38. The summed E-state index contributed by atoms with van der Waals surface area (Å²) in [5.74, 6) is -3.71. The standard InChI is InChI=1S/C12H6Br3F2NO2/c1-18-9(7(13)8(14)12(18)15)11(20)5-2-4(16)3-6(17)10(5)19/h2-3,19H,1H3. The lowest BCUT2D eigenvalue weighted by atomic mass is 10.1. The van der Waals surface area contributed by atoms with Gasteiger partial charge in [-0.15, -0.1) is 0 Å². The number of aromatic nitrogens is 1. The van der Waals surface area contributed by atoms with Crippen molar-refractivity contribution < 1.29 is 18.7 Å². The molecule has 0 amide bonds. The topological polar surface area (TPSA) is 42.2 Å². The van der Waals surface area contributed by atoms with Gasteiger partial charge in [0.15, 0.2) is 11.6 Å². The molecular formula is C12H6Br3F2NO2. The maximum absolute atomic E-state index is 13.3. The molecule has 0 atom stereocenters. The zero-order chi connectivity index (χ0) is 15.2. The molecule has 0 bridgehead atoms. The van der Waals surface area contributed by atoms with Crippen molar-refractivity contribution >= 4 is 53.6 Å². The largest absolute Gasteiger partial charge is 0.504 e. The summed E-state index contributed by atoms with van der Waals surface area (Å²) in [4.78, 5) is 12.4. The number of phenols is 1. The van der Waals surface area contributed by atoms with Crippen LogP contribution in [-0.4, -0.2) is 15.5 Å². The first-order valence-corrected chi connectivity index (χ1v) is 7.55. The second-order valence-corrected chi connectivity index (χ2v) is 6.28. The van der Waals surface area contributed by atoms with Gasteiger partial charge in [0, 0.05) is 13.1 Å². The highest BCUT2D eigenvalue weighted by molar-refractivity contribution is 9.14. The van der Waals surface area contributed by atoms with E-state index in [9.17, 15) is 18.7 Å². The minimum absolute atomic E-state index is 0.143. The summed E-state index contributed by atoms with van der Waals surface area (Å²) >= 11 is 9.75. The number of halogens is 5. The Bertz CT molecular complexity index is 703. The normalized spacial score (nSPS) is 10.9. The van der Waals surface area contributed by atoms with Crippen molar-refractivity contribution in [3.8, 4) is 5.75 Å². The van der Waals surface area contributed by atoms with Gasteiger partial charge in [-0.1, -0.05) is 0 Å². The van der Waals surface area contributed by atoms with E-state index in [-0.39, 0.29) is 5.69 Å². The molecule has 0 radical (unpaired) electrons. The van der Waals surface area contributed by atoms with E-state index >= 15 is 0 Å². The number of nitrogens with zero attached hydrogens (tertiary/aromatic N) is 1. The third-order valence-electron chi connectivity index (χ3n) is 2.70. The molecule has 3 nitrogen and oxygen atoms in total. The van der Waals surface area contributed by atoms with Crippen molar-refractivity contribution in [2.75, 3.05) is 0 Å². The summed E-state index contributed by atoms with van der Waals surface area (Å²) in [5.41, 5.74) is -0.298. The molecule has 1 heterocycles. The van der Waals surface area contributed by atoms with Crippen molar-refractivity contribution in [3.05, 3.63) is 48.6 Å². The number of hydrogen-bond acceptors (Lipinski definition) is 2. The molecular weight excluding hydrogens is 468 g/mol. The van der Waals surface area contributed by atoms with E-state index in [1.165, 1.54) is 4.57 Å². The van der Waals surface area contributed by atoms with Crippen LogP contribution in [0.5, 0.6) is 5.75 Å². The highest BCUT2D eigenvalue weighted by atomic mass is 79.9. The average Bonchev–Trinajstić information content (AvgIpc) is 2.57. The zero-order valence-electron chi connectivity index (χ0n) is 9.85. The van der Waals surface area contributed by atoms with Crippen LogP contribution in [0.3, 0.4) is 0 Å². The number of aromatic hydroxyl groups is 1. The SMILES string of the molecule is Cn1c(Br)c(Br)c(Br)c1C(=O)c1cc(F)cc(F)c1O. The first kappa shape index (κ1) is 15.7. The van der Waals surface area contributed by atoms with E-state index in [1.54, 1.807) is 7.05 Å². The molecule has 0 saturated carbocycles. The molecule has 8 heteroatoms. The van der Waals surface area contributed by atoms with E-state index in [1.807, 2.05) is 0 Å². The van der Waals surface area contributed by atoms with Crippen LogP contribution in [0.1, 0.15) is 16.1 Å². The molecule has 0 aliphatic heterocycles. The van der Waals surface area contributed by atoms with Crippen molar-refractivity contribution in [2.24, 2.45) is 7.05 Å². The van der Waals surface area contributed by atoms with Crippen LogP contribution in [0.25, 0.3) is 0 Å². The van der Waals surface area contributed by atoms with Crippen molar-refractivity contribution in [2.45, 2.75) is 0 Å². The van der Waals surface area contributed by atoms with Crippen LogP contribution in [0.2, 0.25) is 0 Å². The quantitative estimate of drug-likeness (QED) is 0.651. The van der Waals surface area contributed by atoms with Gasteiger partial charge in [-0.2, -0.15) is 0 Å². The molecule has 0 aliphatic rings. The first-order chi connectivity index (χ1) is 9.25. The lowest BCUT2D eigenvalue weighted by Gasteiger charge is -2.07. The third kappa shape index (κ3) is 2.44. The van der Waals surface area contributed by atoms with Crippen LogP contribution in [0, 0.1) is 11.6 Å². The van der Waals surface area contributed by atoms with Gasteiger partial charge >= 0.3 is 0 Å². The third-order valence-corrected chi connectivity index (χ3v) is 6.24. The zero-order valence-corrected chi connectivity index (χ0v) is 14.6. The summed E-state index contributed by atoms with van der Waals surface area (Å²) < 4.78 is 29.6. The Kier molecular flexibility index (Phi) is 4.36. The van der Waals surface area contributed by atoms with Gasteiger partial charge in [-0.25, -0.2) is 8.78 Å². The number of hydrogen-bond donors (Lipinski definition) is 1. The van der Waals surface area contributed by atoms with E-state index in [0.29, 0.717) is 19.6 Å². The van der Waals surface area contributed by atoms with Crippen LogP contribution in [0.4, 0.5) is 8.78 Å². The number of carbonyl (C=O) groups excluding carboxylic acids is 1. The Balaban J connectivity index is 2.67. The minimum atomic E-state index is -1.18. The highest BCUT2D eigenvalue weighted by Gasteiger charge is 2.26. The molecule has 106 valence electrons. The summed E-state index contributed by atoms with van der Waals surface area (Å²) in [5, 5.41) is 9.60. The summed E-state index contributed by atoms with van der Waals surface area (Å²) in [6.07, 6.45) is 0. The maximum Gasteiger partial charge on any atom is 0.214 e. The smallest absolute Gasteiger partial charge is 0.214 e. The first-order valence-electron chi connectivity index (χ1n) is 5.17. The van der Waals surface area contributed by atoms with Gasteiger partial charge in [-0.3, -0.25) is 4.79 Å². The van der Waals surface area contributed by atoms with E-state index in [4.69, 9.17) is 0 Å². The molecule has 1 N–H and O–H groups in total. The molecule has 1 aromatic heterocycles. The Labute approximate surface area is 138 Å². The molecule has 0 aliphatic carbocycles. The Morgan fingerprint density at radius 3 is 2.30 bits per heavy atom. The number of rotatable bonds is 2. The monoisotopic (exact) mass is 471 g/mol. The molecule has 0 spiro atoms. The fourth-order valence-corrected chi connectivity index (χ4v) is 3.43. The number of phenolic OH excluding ortho intramolecular Hbond substituents is 1. The second-order valence-electron chi connectivity index (χ2n) is 3.94.